The van der Waals surface area contributed by atoms with E-state index in [9.17, 15) is 9.90 Å². The topological polar surface area (TPSA) is 73.8 Å². The van der Waals surface area contributed by atoms with Crippen LogP contribution in [0.4, 0.5) is 10.5 Å². The highest BCUT2D eigenvalue weighted by Crippen LogP contribution is 2.51. The number of carbonyl (C=O) groups excluding carboxylic acids is 1. The number of nitrogens with zero attached hydrogens (tertiary/aromatic N) is 1. The fraction of sp³-hybridized carbons (Fsp3) is 0.650. The molecule has 2 aliphatic carbocycles. The number of nitrogens with one attached hydrogen (secondary N) is 2. The van der Waals surface area contributed by atoms with Gasteiger partial charge in [-0.1, -0.05) is 20.3 Å². The number of anilines is 1. The molecular formula is C20H31N3O3. The van der Waals surface area contributed by atoms with Gasteiger partial charge in [-0.15, -0.1) is 0 Å². The number of hydrogen-bond donors (Lipinski definition) is 3. The number of benzene rings is 1. The number of fused-ring (bicyclic) bond motifs is 1. The third-order valence-electron chi connectivity index (χ3n) is 5.43. The minimum Gasteiger partial charge on any atom is -0.491 e. The van der Waals surface area contributed by atoms with Crippen molar-refractivity contribution < 1.29 is 14.6 Å². The molecule has 0 saturated heterocycles. The molecule has 3 atom stereocenters. The summed E-state index contributed by atoms with van der Waals surface area (Å²) in [4.78, 5) is 14.0. The third kappa shape index (κ3) is 4.68. The standard InChI is InChI=1S/C20H31N3O3/c1-13(2)21-11-15(24)12-26-16-9-7-14(8-10-16)23(3)20(25)22-19-17-5-4-6-18(17)19/h7-10,13,15,17-19,21,24H,4-6,11-12H2,1-3H3,(H,22,25). The maximum absolute atomic E-state index is 12.4. The Bertz CT molecular complexity index is 595. The molecule has 0 aromatic heterocycles. The van der Waals surface area contributed by atoms with Crippen molar-refractivity contribution in [3.63, 3.8) is 0 Å². The van der Waals surface area contributed by atoms with Gasteiger partial charge in [-0.25, -0.2) is 4.79 Å². The number of hydrogen-bond acceptors (Lipinski definition) is 4. The van der Waals surface area contributed by atoms with E-state index < -0.39 is 6.10 Å². The van der Waals surface area contributed by atoms with Crippen molar-refractivity contribution in [3.8, 4) is 5.75 Å². The zero-order valence-electron chi connectivity index (χ0n) is 15.9. The molecular weight excluding hydrogens is 330 g/mol. The second-order valence-corrected chi connectivity index (χ2v) is 7.81. The van der Waals surface area contributed by atoms with Gasteiger partial charge in [0.2, 0.25) is 0 Å². The number of ether oxygens (including phenoxy) is 1. The largest absolute Gasteiger partial charge is 0.491 e. The predicted molar refractivity (Wildman–Crippen MR) is 103 cm³/mol. The van der Waals surface area contributed by atoms with Crippen molar-refractivity contribution in [2.24, 2.45) is 11.8 Å². The Morgan fingerprint density at radius 1 is 1.27 bits per heavy atom. The Balaban J connectivity index is 1.43. The van der Waals surface area contributed by atoms with Gasteiger partial charge in [0.05, 0.1) is 0 Å². The summed E-state index contributed by atoms with van der Waals surface area (Å²) in [5.74, 6) is 2.10. The summed E-state index contributed by atoms with van der Waals surface area (Å²) < 4.78 is 5.61. The highest BCUT2D eigenvalue weighted by molar-refractivity contribution is 5.91. The van der Waals surface area contributed by atoms with Crippen molar-refractivity contribution in [1.82, 2.24) is 10.6 Å². The van der Waals surface area contributed by atoms with Gasteiger partial charge in [0, 0.05) is 31.4 Å². The van der Waals surface area contributed by atoms with E-state index in [2.05, 4.69) is 10.6 Å². The van der Waals surface area contributed by atoms with Gasteiger partial charge >= 0.3 is 6.03 Å². The van der Waals surface area contributed by atoms with Crippen LogP contribution >= 0.6 is 0 Å². The Labute approximate surface area is 155 Å². The fourth-order valence-electron chi connectivity index (χ4n) is 3.78. The molecule has 2 saturated carbocycles. The van der Waals surface area contributed by atoms with Crippen molar-refractivity contribution in [3.05, 3.63) is 24.3 Å². The third-order valence-corrected chi connectivity index (χ3v) is 5.43. The second kappa shape index (κ2) is 8.27. The molecule has 1 aromatic rings. The maximum atomic E-state index is 12.4. The van der Waals surface area contributed by atoms with E-state index in [0.29, 0.717) is 36.2 Å². The van der Waals surface area contributed by atoms with Crippen LogP contribution in [-0.2, 0) is 0 Å². The van der Waals surface area contributed by atoms with E-state index in [-0.39, 0.29) is 12.6 Å². The van der Waals surface area contributed by atoms with E-state index in [4.69, 9.17) is 4.74 Å². The monoisotopic (exact) mass is 361 g/mol. The van der Waals surface area contributed by atoms with Crippen LogP contribution in [0.15, 0.2) is 24.3 Å². The highest BCUT2D eigenvalue weighted by Gasteiger charge is 2.53. The summed E-state index contributed by atoms with van der Waals surface area (Å²) in [6.07, 6.45) is 3.26. The Kier molecular flexibility index (Phi) is 6.04. The summed E-state index contributed by atoms with van der Waals surface area (Å²) in [5, 5.41) is 16.2. The lowest BCUT2D eigenvalue weighted by Gasteiger charge is -2.19. The van der Waals surface area contributed by atoms with Gasteiger partial charge in [-0.2, -0.15) is 0 Å². The SMILES string of the molecule is CC(C)NCC(O)COc1ccc(N(C)C(=O)NC2C3CCCC32)cc1. The maximum Gasteiger partial charge on any atom is 0.321 e. The molecule has 0 aliphatic heterocycles. The van der Waals surface area contributed by atoms with E-state index in [1.165, 1.54) is 19.3 Å². The molecule has 2 fully saturated rings. The molecule has 2 amide bonds. The van der Waals surface area contributed by atoms with Crippen molar-refractivity contribution >= 4 is 11.7 Å². The van der Waals surface area contributed by atoms with E-state index in [1.807, 2.05) is 38.1 Å². The van der Waals surface area contributed by atoms with E-state index in [0.717, 1.165) is 5.69 Å². The molecule has 6 heteroatoms. The van der Waals surface area contributed by atoms with Gasteiger partial charge in [0.15, 0.2) is 0 Å². The normalized spacial score (nSPS) is 24.9. The first kappa shape index (κ1) is 19.0. The summed E-state index contributed by atoms with van der Waals surface area (Å²) in [5.41, 5.74) is 0.822. The van der Waals surface area contributed by atoms with Crippen LogP contribution in [0.2, 0.25) is 0 Å². The van der Waals surface area contributed by atoms with Crippen LogP contribution in [0, 0.1) is 11.8 Å². The number of aliphatic hydroxyl groups is 1. The van der Waals surface area contributed by atoms with Crippen LogP contribution in [-0.4, -0.2) is 49.5 Å². The van der Waals surface area contributed by atoms with Crippen LogP contribution in [0.5, 0.6) is 5.75 Å². The molecule has 2 aliphatic rings. The van der Waals surface area contributed by atoms with Crippen molar-refractivity contribution in [2.45, 2.75) is 51.3 Å². The number of urea groups is 1. The highest BCUT2D eigenvalue weighted by atomic mass is 16.5. The first-order valence-electron chi connectivity index (χ1n) is 9.64. The molecule has 3 unspecified atom stereocenters. The summed E-state index contributed by atoms with van der Waals surface area (Å²) in [7, 11) is 1.78. The fourth-order valence-corrected chi connectivity index (χ4v) is 3.78. The molecule has 6 nitrogen and oxygen atoms in total. The lowest BCUT2D eigenvalue weighted by molar-refractivity contribution is 0.104. The molecule has 1 aromatic carbocycles. The molecule has 0 spiro atoms. The first-order chi connectivity index (χ1) is 12.5. The molecule has 26 heavy (non-hydrogen) atoms. The van der Waals surface area contributed by atoms with Gasteiger partial charge < -0.3 is 20.5 Å². The number of amides is 2. The number of aliphatic hydroxyl groups excluding tert-OH is 1. The average molecular weight is 361 g/mol. The summed E-state index contributed by atoms with van der Waals surface area (Å²) in [6, 6.07) is 8.04. The minimum absolute atomic E-state index is 0.0479. The van der Waals surface area contributed by atoms with Crippen LogP contribution in [0.3, 0.4) is 0 Å². The molecule has 0 radical (unpaired) electrons. The van der Waals surface area contributed by atoms with Gasteiger partial charge in [0.1, 0.15) is 18.5 Å². The van der Waals surface area contributed by atoms with Gasteiger partial charge in [-0.3, -0.25) is 4.90 Å². The number of carbonyl (C=O) groups is 1. The van der Waals surface area contributed by atoms with E-state index >= 15 is 0 Å². The Morgan fingerprint density at radius 2 is 1.92 bits per heavy atom. The predicted octanol–water partition coefficient (Wildman–Crippen LogP) is 2.37. The first-order valence-corrected chi connectivity index (χ1v) is 9.64. The molecule has 3 rings (SSSR count). The quantitative estimate of drug-likeness (QED) is 0.665. The zero-order valence-corrected chi connectivity index (χ0v) is 15.9. The van der Waals surface area contributed by atoms with E-state index in [1.54, 1.807) is 11.9 Å². The summed E-state index contributed by atoms with van der Waals surface area (Å²) in [6.45, 7) is 4.81. The smallest absolute Gasteiger partial charge is 0.321 e. The minimum atomic E-state index is -0.552. The molecule has 0 heterocycles. The van der Waals surface area contributed by atoms with Crippen molar-refractivity contribution in [2.75, 3.05) is 25.1 Å². The lowest BCUT2D eigenvalue weighted by Crippen LogP contribution is -2.39. The van der Waals surface area contributed by atoms with Crippen molar-refractivity contribution in [1.29, 1.82) is 0 Å². The van der Waals surface area contributed by atoms with Gasteiger partial charge in [0.25, 0.3) is 0 Å². The molecule has 3 N–H and O–H groups in total. The molecule has 144 valence electrons. The molecule has 0 bridgehead atoms. The summed E-state index contributed by atoms with van der Waals surface area (Å²) >= 11 is 0. The van der Waals surface area contributed by atoms with Crippen LogP contribution < -0.4 is 20.3 Å². The second-order valence-electron chi connectivity index (χ2n) is 7.81. The average Bonchev–Trinajstić information content (AvgIpc) is 3.05. The van der Waals surface area contributed by atoms with Gasteiger partial charge in [-0.05, 0) is 48.9 Å². The zero-order chi connectivity index (χ0) is 18.7. The lowest BCUT2D eigenvalue weighted by atomic mass is 10.2. The Morgan fingerprint density at radius 3 is 2.54 bits per heavy atom. The number of rotatable bonds is 8. The van der Waals surface area contributed by atoms with Crippen LogP contribution in [0.25, 0.3) is 0 Å². The van der Waals surface area contributed by atoms with Crippen LogP contribution in [0.1, 0.15) is 33.1 Å². The Hall–Kier alpha value is -1.79.